The summed E-state index contributed by atoms with van der Waals surface area (Å²) in [4.78, 5) is 44.5. The van der Waals surface area contributed by atoms with Crippen LogP contribution in [0.2, 0.25) is 0 Å². The zero-order valence-electron chi connectivity index (χ0n) is 19.4. The second-order valence-corrected chi connectivity index (χ2v) is 8.03. The maximum Gasteiger partial charge on any atom is 0.346 e. The molecule has 0 aliphatic carbocycles. The van der Waals surface area contributed by atoms with Crippen molar-refractivity contribution in [3.05, 3.63) is 89.2 Å². The molecule has 1 atom stereocenters. The Kier molecular flexibility index (Phi) is 8.14. The number of rotatable bonds is 11. The Hall–Kier alpha value is -4.27. The van der Waals surface area contributed by atoms with Gasteiger partial charge in [0.1, 0.15) is 12.0 Å². The number of carboxylic acids is 2. The summed E-state index contributed by atoms with van der Waals surface area (Å²) < 4.78 is 11.4. The van der Waals surface area contributed by atoms with Crippen LogP contribution in [-0.2, 0) is 24.5 Å². The summed E-state index contributed by atoms with van der Waals surface area (Å²) in [5, 5.41) is 19.3. The van der Waals surface area contributed by atoms with E-state index in [1.54, 1.807) is 80.6 Å². The minimum absolute atomic E-state index is 0.122. The van der Waals surface area contributed by atoms with Gasteiger partial charge < -0.3 is 19.7 Å². The van der Waals surface area contributed by atoms with Gasteiger partial charge in [-0.2, -0.15) is 0 Å². The van der Waals surface area contributed by atoms with E-state index in [0.717, 1.165) is 0 Å². The Balaban J connectivity index is 2.15. The van der Waals surface area contributed by atoms with Gasteiger partial charge in [-0.1, -0.05) is 60.7 Å². The van der Waals surface area contributed by atoms with E-state index in [1.165, 1.54) is 0 Å². The standard InChI is InChI=1S/C26H26N2O7/c1-17-15-18(2)28-25(27-17)35-23(24(32)33)26(19-9-5-3-6-10-19,20-11-7-4-8-12-20)16-34-22(31)14-13-21(29)30/h3-12,15,23H,13-14,16H2,1-2H3,(H,29,30)(H,32,33). The smallest absolute Gasteiger partial charge is 0.346 e. The minimum atomic E-state index is -1.60. The van der Waals surface area contributed by atoms with Crippen LogP contribution in [0.25, 0.3) is 0 Å². The van der Waals surface area contributed by atoms with Crippen LogP contribution >= 0.6 is 0 Å². The molecule has 0 fully saturated rings. The molecule has 3 rings (SSSR count). The van der Waals surface area contributed by atoms with Gasteiger partial charge >= 0.3 is 23.9 Å². The maximum absolute atomic E-state index is 12.7. The molecule has 182 valence electrons. The number of hydrogen-bond acceptors (Lipinski definition) is 7. The Morgan fingerprint density at radius 1 is 0.857 bits per heavy atom. The lowest BCUT2D eigenvalue weighted by molar-refractivity contribution is -0.155. The highest BCUT2D eigenvalue weighted by Crippen LogP contribution is 2.38. The van der Waals surface area contributed by atoms with Crippen LogP contribution in [0, 0.1) is 13.8 Å². The minimum Gasteiger partial charge on any atom is -0.481 e. The highest BCUT2D eigenvalue weighted by molar-refractivity contribution is 5.78. The number of nitrogens with zero attached hydrogens (tertiary/aromatic N) is 2. The molecule has 9 nitrogen and oxygen atoms in total. The number of hydrogen-bond donors (Lipinski definition) is 2. The Labute approximate surface area is 202 Å². The first-order valence-electron chi connectivity index (χ1n) is 10.9. The van der Waals surface area contributed by atoms with Gasteiger partial charge in [0.2, 0.25) is 6.10 Å². The number of ether oxygens (including phenoxy) is 2. The van der Waals surface area contributed by atoms with Crippen molar-refractivity contribution >= 4 is 17.9 Å². The van der Waals surface area contributed by atoms with Gasteiger partial charge in [-0.25, -0.2) is 14.8 Å². The summed E-state index contributed by atoms with van der Waals surface area (Å²) in [6, 6.07) is 19.0. The highest BCUT2D eigenvalue weighted by atomic mass is 16.5. The number of aliphatic carboxylic acids is 2. The summed E-state index contributed by atoms with van der Waals surface area (Å²) in [6.07, 6.45) is -2.35. The van der Waals surface area contributed by atoms with E-state index in [1.807, 2.05) is 0 Å². The average molecular weight is 479 g/mol. The molecule has 0 spiro atoms. The lowest BCUT2D eigenvalue weighted by Crippen LogP contribution is -2.52. The lowest BCUT2D eigenvalue weighted by atomic mass is 9.70. The van der Waals surface area contributed by atoms with Gasteiger partial charge in [0.15, 0.2) is 0 Å². The van der Waals surface area contributed by atoms with Gasteiger partial charge in [0, 0.05) is 11.4 Å². The summed E-state index contributed by atoms with van der Waals surface area (Å²) in [7, 11) is 0. The Morgan fingerprint density at radius 2 is 1.37 bits per heavy atom. The fraction of sp³-hybridized carbons (Fsp3) is 0.269. The van der Waals surface area contributed by atoms with Gasteiger partial charge in [-0.15, -0.1) is 0 Å². The van der Waals surface area contributed by atoms with Crippen LogP contribution in [0.3, 0.4) is 0 Å². The third kappa shape index (κ3) is 6.20. The van der Waals surface area contributed by atoms with Gasteiger partial charge in [-0.05, 0) is 31.0 Å². The maximum atomic E-state index is 12.7. The predicted octanol–water partition coefficient (Wildman–Crippen LogP) is 3.32. The zero-order valence-corrected chi connectivity index (χ0v) is 19.4. The van der Waals surface area contributed by atoms with Crippen molar-refractivity contribution in [1.29, 1.82) is 0 Å². The zero-order chi connectivity index (χ0) is 25.4. The quantitative estimate of drug-likeness (QED) is 0.398. The van der Waals surface area contributed by atoms with E-state index in [0.29, 0.717) is 22.5 Å². The molecule has 3 aromatic rings. The number of aromatic nitrogens is 2. The molecule has 0 amide bonds. The van der Waals surface area contributed by atoms with E-state index >= 15 is 0 Å². The first-order valence-corrected chi connectivity index (χ1v) is 10.9. The molecule has 2 N–H and O–H groups in total. The highest BCUT2D eigenvalue weighted by Gasteiger charge is 2.50. The molecule has 35 heavy (non-hydrogen) atoms. The summed E-state index contributed by atoms with van der Waals surface area (Å²) >= 11 is 0. The number of carboxylic acid groups (broad SMARTS) is 2. The second-order valence-electron chi connectivity index (χ2n) is 8.03. The van der Waals surface area contributed by atoms with Crippen molar-refractivity contribution in [1.82, 2.24) is 9.97 Å². The number of aryl methyl sites for hydroxylation is 2. The van der Waals surface area contributed by atoms with Crippen molar-refractivity contribution in [2.45, 2.75) is 38.2 Å². The molecular weight excluding hydrogens is 452 g/mol. The summed E-state index contributed by atoms with van der Waals surface area (Å²) in [5.41, 5.74) is 0.736. The molecule has 1 heterocycles. The topological polar surface area (TPSA) is 136 Å². The van der Waals surface area contributed by atoms with E-state index in [9.17, 15) is 19.5 Å². The molecule has 1 aromatic heterocycles. The van der Waals surface area contributed by atoms with Crippen LogP contribution in [0.5, 0.6) is 6.01 Å². The predicted molar refractivity (Wildman–Crippen MR) is 125 cm³/mol. The number of carbonyl (C=O) groups excluding carboxylic acids is 1. The van der Waals surface area contributed by atoms with Crippen LogP contribution in [0.4, 0.5) is 0 Å². The van der Waals surface area contributed by atoms with E-state index in [2.05, 4.69) is 9.97 Å². The SMILES string of the molecule is Cc1cc(C)nc(OC(C(=O)O)C(COC(=O)CCC(=O)O)(c2ccccc2)c2ccccc2)n1. The molecule has 2 aromatic carbocycles. The average Bonchev–Trinajstić information content (AvgIpc) is 2.83. The Morgan fingerprint density at radius 3 is 1.83 bits per heavy atom. The Bertz CT molecular complexity index is 1120. The molecule has 0 aliphatic heterocycles. The normalized spacial score (nSPS) is 11.9. The van der Waals surface area contributed by atoms with Crippen LogP contribution in [0.1, 0.15) is 35.4 Å². The van der Waals surface area contributed by atoms with Gasteiger partial charge in [-0.3, -0.25) is 9.59 Å². The van der Waals surface area contributed by atoms with Crippen molar-refractivity contribution in [2.75, 3.05) is 6.61 Å². The first kappa shape index (κ1) is 25.4. The summed E-state index contributed by atoms with van der Waals surface area (Å²) in [6.45, 7) is 3.06. The van der Waals surface area contributed by atoms with Crippen molar-refractivity contribution < 1.29 is 34.1 Å². The molecule has 0 saturated carbocycles. The van der Waals surface area contributed by atoms with Gasteiger partial charge in [0.25, 0.3) is 0 Å². The van der Waals surface area contributed by atoms with Crippen molar-refractivity contribution in [3.8, 4) is 6.01 Å². The second kappa shape index (κ2) is 11.2. The summed E-state index contributed by atoms with van der Waals surface area (Å²) in [5.74, 6) is -3.23. The van der Waals surface area contributed by atoms with Crippen LogP contribution < -0.4 is 4.74 Å². The lowest BCUT2D eigenvalue weighted by Gasteiger charge is -2.38. The molecule has 0 saturated heterocycles. The molecule has 0 aliphatic rings. The van der Waals surface area contributed by atoms with E-state index in [4.69, 9.17) is 14.6 Å². The molecule has 1 unspecified atom stereocenters. The van der Waals surface area contributed by atoms with Crippen LogP contribution in [-0.4, -0.2) is 50.8 Å². The number of benzene rings is 2. The largest absolute Gasteiger partial charge is 0.481 e. The number of carbonyl (C=O) groups is 3. The fourth-order valence-electron chi connectivity index (χ4n) is 3.87. The molecule has 0 bridgehead atoms. The van der Waals surface area contributed by atoms with E-state index in [-0.39, 0.29) is 12.4 Å². The van der Waals surface area contributed by atoms with E-state index < -0.39 is 42.5 Å². The molecule has 9 heteroatoms. The van der Waals surface area contributed by atoms with Gasteiger partial charge in [0.05, 0.1) is 12.8 Å². The third-order valence-electron chi connectivity index (χ3n) is 5.44. The third-order valence-corrected chi connectivity index (χ3v) is 5.44. The first-order chi connectivity index (χ1) is 16.7. The molecular formula is C26H26N2O7. The van der Waals surface area contributed by atoms with Crippen molar-refractivity contribution in [2.24, 2.45) is 0 Å². The number of esters is 1. The monoisotopic (exact) mass is 478 g/mol. The van der Waals surface area contributed by atoms with Crippen LogP contribution in [0.15, 0.2) is 66.7 Å². The molecule has 0 radical (unpaired) electrons. The van der Waals surface area contributed by atoms with Crippen molar-refractivity contribution in [3.63, 3.8) is 0 Å². The fourth-order valence-corrected chi connectivity index (χ4v) is 3.87.